The van der Waals surface area contributed by atoms with Gasteiger partial charge in [-0.1, -0.05) is 35.9 Å². The molecule has 1 saturated heterocycles. The number of hydrogen-bond donors (Lipinski definition) is 2. The van der Waals surface area contributed by atoms with E-state index in [0.717, 1.165) is 11.3 Å². The smallest absolute Gasteiger partial charge is 0.315 e. The monoisotopic (exact) mass is 373 g/mol. The van der Waals surface area contributed by atoms with Gasteiger partial charge >= 0.3 is 6.03 Å². The molecule has 1 aliphatic heterocycles. The molecule has 3 amide bonds. The van der Waals surface area contributed by atoms with E-state index in [0.29, 0.717) is 23.9 Å². The van der Waals surface area contributed by atoms with Crippen LogP contribution in [0.25, 0.3) is 0 Å². The van der Waals surface area contributed by atoms with Crippen molar-refractivity contribution in [2.75, 3.05) is 18.6 Å². The molecule has 2 aromatic carbocycles. The molecule has 1 aliphatic rings. The number of hydrogen-bond acceptors (Lipinski definition) is 3. The first-order valence-electron chi connectivity index (χ1n) is 8.29. The number of methoxy groups -OCH3 is 1. The van der Waals surface area contributed by atoms with E-state index < -0.39 is 0 Å². The zero-order valence-corrected chi connectivity index (χ0v) is 15.1. The Labute approximate surface area is 157 Å². The molecule has 2 aromatic rings. The van der Waals surface area contributed by atoms with Gasteiger partial charge in [0.05, 0.1) is 13.2 Å². The summed E-state index contributed by atoms with van der Waals surface area (Å²) in [4.78, 5) is 26.1. The molecule has 7 heteroatoms. The van der Waals surface area contributed by atoms with Crippen molar-refractivity contribution in [2.45, 2.75) is 19.0 Å². The molecule has 1 heterocycles. The third kappa shape index (κ3) is 4.26. The summed E-state index contributed by atoms with van der Waals surface area (Å²) in [6, 6.07) is 14.1. The molecular weight excluding hydrogens is 354 g/mol. The maximum atomic E-state index is 12.3. The number of benzene rings is 2. The second-order valence-corrected chi connectivity index (χ2v) is 6.43. The number of rotatable bonds is 5. The van der Waals surface area contributed by atoms with Gasteiger partial charge in [-0.05, 0) is 23.8 Å². The Bertz CT molecular complexity index is 812. The number of halogens is 1. The summed E-state index contributed by atoms with van der Waals surface area (Å²) < 4.78 is 5.20. The van der Waals surface area contributed by atoms with Crippen molar-refractivity contribution in [1.29, 1.82) is 0 Å². The molecule has 0 saturated carbocycles. The van der Waals surface area contributed by atoms with Gasteiger partial charge in [-0.15, -0.1) is 0 Å². The van der Waals surface area contributed by atoms with Crippen molar-refractivity contribution in [1.82, 2.24) is 10.6 Å². The minimum absolute atomic E-state index is 0.0327. The first kappa shape index (κ1) is 18.1. The number of nitrogens with one attached hydrogen (secondary N) is 2. The summed E-state index contributed by atoms with van der Waals surface area (Å²) in [5, 5.41) is 6.22. The van der Waals surface area contributed by atoms with Crippen LogP contribution >= 0.6 is 11.6 Å². The number of amides is 3. The highest BCUT2D eigenvalue weighted by Crippen LogP contribution is 2.25. The molecule has 3 rings (SSSR count). The molecule has 136 valence electrons. The lowest BCUT2D eigenvalue weighted by Gasteiger charge is -2.18. The van der Waals surface area contributed by atoms with E-state index in [2.05, 4.69) is 10.6 Å². The molecule has 0 aromatic heterocycles. The summed E-state index contributed by atoms with van der Waals surface area (Å²) in [6.45, 7) is 0.747. The van der Waals surface area contributed by atoms with Gasteiger partial charge in [-0.25, -0.2) is 4.79 Å². The first-order chi connectivity index (χ1) is 12.6. The Balaban J connectivity index is 1.55. The average molecular weight is 374 g/mol. The van der Waals surface area contributed by atoms with E-state index in [1.165, 1.54) is 0 Å². The third-order valence-corrected chi connectivity index (χ3v) is 4.59. The molecule has 26 heavy (non-hydrogen) atoms. The van der Waals surface area contributed by atoms with Crippen molar-refractivity contribution in [3.05, 3.63) is 59.1 Å². The number of ether oxygens (including phenoxy) is 1. The molecular formula is C19H20ClN3O3. The fourth-order valence-electron chi connectivity index (χ4n) is 2.89. The third-order valence-electron chi connectivity index (χ3n) is 4.22. The molecule has 0 aliphatic carbocycles. The van der Waals surface area contributed by atoms with E-state index in [1.807, 2.05) is 36.4 Å². The van der Waals surface area contributed by atoms with Crippen LogP contribution in [-0.2, 0) is 11.3 Å². The zero-order chi connectivity index (χ0) is 18.5. The van der Waals surface area contributed by atoms with Crippen LogP contribution in [0.5, 0.6) is 5.75 Å². The Hall–Kier alpha value is -2.73. The van der Waals surface area contributed by atoms with Gasteiger partial charge in [0, 0.05) is 36.3 Å². The molecule has 0 radical (unpaired) electrons. The maximum absolute atomic E-state index is 12.3. The lowest BCUT2D eigenvalue weighted by Crippen LogP contribution is -2.43. The molecule has 0 bridgehead atoms. The van der Waals surface area contributed by atoms with Crippen molar-refractivity contribution in [2.24, 2.45) is 0 Å². The van der Waals surface area contributed by atoms with Gasteiger partial charge in [-0.3, -0.25) is 4.79 Å². The quantitative estimate of drug-likeness (QED) is 0.846. The van der Waals surface area contributed by atoms with Crippen LogP contribution in [0.2, 0.25) is 5.02 Å². The Morgan fingerprint density at radius 3 is 2.85 bits per heavy atom. The topological polar surface area (TPSA) is 70.7 Å². The minimum atomic E-state index is -0.324. The van der Waals surface area contributed by atoms with E-state index in [4.69, 9.17) is 16.3 Å². The normalized spacial score (nSPS) is 16.5. The molecule has 0 unspecified atom stereocenters. The number of anilines is 1. The first-order valence-corrected chi connectivity index (χ1v) is 8.67. The van der Waals surface area contributed by atoms with Crippen LogP contribution in [0.4, 0.5) is 10.5 Å². The zero-order valence-electron chi connectivity index (χ0n) is 14.4. The number of carbonyl (C=O) groups excluding carboxylic acids is 2. The lowest BCUT2D eigenvalue weighted by atomic mass is 10.2. The highest BCUT2D eigenvalue weighted by Gasteiger charge is 2.31. The van der Waals surface area contributed by atoms with Gasteiger partial charge in [0.1, 0.15) is 5.75 Å². The van der Waals surface area contributed by atoms with Crippen molar-refractivity contribution in [3.63, 3.8) is 0 Å². The number of nitrogens with zero attached hydrogens (tertiary/aromatic N) is 1. The van der Waals surface area contributed by atoms with E-state index >= 15 is 0 Å². The van der Waals surface area contributed by atoms with Crippen molar-refractivity contribution in [3.8, 4) is 5.75 Å². The predicted octanol–water partition coefficient (Wildman–Crippen LogP) is 2.95. The van der Waals surface area contributed by atoms with Crippen LogP contribution < -0.4 is 20.3 Å². The van der Waals surface area contributed by atoms with Crippen molar-refractivity contribution >= 4 is 29.2 Å². The second-order valence-electron chi connectivity index (χ2n) is 6.03. The summed E-state index contributed by atoms with van der Waals surface area (Å²) in [6.07, 6.45) is 0.261. The van der Waals surface area contributed by atoms with Gasteiger partial charge in [-0.2, -0.15) is 0 Å². The summed E-state index contributed by atoms with van der Waals surface area (Å²) in [7, 11) is 1.58. The van der Waals surface area contributed by atoms with E-state index in [9.17, 15) is 9.59 Å². The fourth-order valence-corrected chi connectivity index (χ4v) is 3.09. The lowest BCUT2D eigenvalue weighted by molar-refractivity contribution is -0.117. The fraction of sp³-hybridized carbons (Fsp3) is 0.263. The number of carbonyl (C=O) groups is 2. The van der Waals surface area contributed by atoms with Gasteiger partial charge < -0.3 is 20.3 Å². The molecule has 6 nitrogen and oxygen atoms in total. The second kappa shape index (κ2) is 8.10. The van der Waals surface area contributed by atoms with Crippen molar-refractivity contribution < 1.29 is 14.3 Å². The standard InChI is InChI=1S/C19H20ClN3O3/c1-26-16-7-4-6-15(10-16)23-12-14(9-18(23)24)22-19(25)21-11-13-5-2-3-8-17(13)20/h2-8,10,14H,9,11-12H2,1H3,(H2,21,22,25)/t14-/m1/s1. The molecule has 0 spiro atoms. The highest BCUT2D eigenvalue weighted by molar-refractivity contribution is 6.31. The van der Waals surface area contributed by atoms with Crippen LogP contribution in [0, 0.1) is 0 Å². The Morgan fingerprint density at radius 1 is 1.27 bits per heavy atom. The van der Waals surface area contributed by atoms with Gasteiger partial charge in [0.25, 0.3) is 0 Å². The van der Waals surface area contributed by atoms with Crippen LogP contribution in [-0.4, -0.2) is 31.6 Å². The van der Waals surface area contributed by atoms with E-state index in [1.54, 1.807) is 24.1 Å². The highest BCUT2D eigenvalue weighted by atomic mass is 35.5. The van der Waals surface area contributed by atoms with E-state index in [-0.39, 0.29) is 24.4 Å². The minimum Gasteiger partial charge on any atom is -0.497 e. The Kier molecular flexibility index (Phi) is 5.63. The summed E-state index contributed by atoms with van der Waals surface area (Å²) >= 11 is 6.08. The summed E-state index contributed by atoms with van der Waals surface area (Å²) in [5.74, 6) is 0.652. The van der Waals surface area contributed by atoms with Crippen LogP contribution in [0.15, 0.2) is 48.5 Å². The van der Waals surface area contributed by atoms with Crippen LogP contribution in [0.1, 0.15) is 12.0 Å². The van der Waals surface area contributed by atoms with Gasteiger partial charge in [0.2, 0.25) is 5.91 Å². The molecule has 1 fully saturated rings. The number of urea groups is 1. The van der Waals surface area contributed by atoms with Gasteiger partial charge in [0.15, 0.2) is 0 Å². The maximum Gasteiger partial charge on any atom is 0.315 e. The summed E-state index contributed by atoms with van der Waals surface area (Å²) in [5.41, 5.74) is 1.60. The Morgan fingerprint density at radius 2 is 2.08 bits per heavy atom. The van der Waals surface area contributed by atoms with Crippen LogP contribution in [0.3, 0.4) is 0 Å². The average Bonchev–Trinajstić information content (AvgIpc) is 3.01. The largest absolute Gasteiger partial charge is 0.497 e. The molecule has 1 atom stereocenters. The SMILES string of the molecule is COc1cccc(N2C[C@H](NC(=O)NCc3ccccc3Cl)CC2=O)c1. The predicted molar refractivity (Wildman–Crippen MR) is 101 cm³/mol. The molecule has 2 N–H and O–H groups in total.